The number of aryl methyl sites for hydroxylation is 1. The molecule has 3 aromatic rings. The lowest BCUT2D eigenvalue weighted by Gasteiger charge is -2.25. The van der Waals surface area contributed by atoms with Crippen molar-refractivity contribution in [3.05, 3.63) is 75.1 Å². The number of benzene rings is 2. The molecule has 2 amide bonds. The van der Waals surface area contributed by atoms with E-state index in [1.807, 2.05) is 13.8 Å². The van der Waals surface area contributed by atoms with Gasteiger partial charge in [0.2, 0.25) is 0 Å². The van der Waals surface area contributed by atoms with Gasteiger partial charge in [-0.25, -0.2) is 9.59 Å². The summed E-state index contributed by atoms with van der Waals surface area (Å²) in [5, 5.41) is 0.834. The summed E-state index contributed by atoms with van der Waals surface area (Å²) in [5.74, 6) is -1.49. The van der Waals surface area contributed by atoms with Gasteiger partial charge in [-0.2, -0.15) is 0 Å². The van der Waals surface area contributed by atoms with Gasteiger partial charge in [0.1, 0.15) is 17.4 Å². The second-order valence-electron chi connectivity index (χ2n) is 8.95. The number of hydrogen-bond acceptors (Lipinski definition) is 6. The average molecular weight is 445 g/mol. The third-order valence-corrected chi connectivity index (χ3v) is 6.27. The summed E-state index contributed by atoms with van der Waals surface area (Å²) >= 11 is 0. The zero-order valence-corrected chi connectivity index (χ0v) is 18.4. The first-order chi connectivity index (χ1) is 15.8. The molecule has 1 atom stereocenters. The van der Waals surface area contributed by atoms with E-state index in [9.17, 15) is 19.2 Å². The van der Waals surface area contributed by atoms with Crippen LogP contribution in [0.4, 0.5) is 0 Å². The highest BCUT2D eigenvalue weighted by atomic mass is 16.5. The third kappa shape index (κ3) is 3.53. The van der Waals surface area contributed by atoms with Gasteiger partial charge in [-0.1, -0.05) is 26.0 Å². The lowest BCUT2D eigenvalue weighted by atomic mass is 10.0. The first-order valence-corrected chi connectivity index (χ1v) is 11.1. The van der Waals surface area contributed by atoms with Crippen LogP contribution in [-0.2, 0) is 17.6 Å². The monoisotopic (exact) mass is 445 g/mol. The van der Waals surface area contributed by atoms with Crippen molar-refractivity contribution in [2.75, 3.05) is 0 Å². The van der Waals surface area contributed by atoms with Crippen LogP contribution in [0.2, 0.25) is 0 Å². The molecule has 0 fully saturated rings. The summed E-state index contributed by atoms with van der Waals surface area (Å²) in [7, 11) is 0. The lowest BCUT2D eigenvalue weighted by Crippen LogP contribution is -2.47. The molecule has 5 rings (SSSR count). The Morgan fingerprint density at radius 2 is 1.67 bits per heavy atom. The summed E-state index contributed by atoms with van der Waals surface area (Å²) in [6.45, 7) is 3.81. The van der Waals surface area contributed by atoms with E-state index in [4.69, 9.17) is 9.15 Å². The molecule has 168 valence electrons. The van der Waals surface area contributed by atoms with E-state index in [-0.39, 0.29) is 34.8 Å². The molecule has 2 heterocycles. The molecular weight excluding hydrogens is 422 g/mol. The highest BCUT2D eigenvalue weighted by Gasteiger charge is 2.43. The molecule has 2 aromatic carbocycles. The van der Waals surface area contributed by atoms with Crippen LogP contribution in [0, 0.1) is 5.92 Å². The fourth-order valence-corrected chi connectivity index (χ4v) is 4.76. The van der Waals surface area contributed by atoms with Gasteiger partial charge in [-0.05, 0) is 61.4 Å². The molecule has 7 nitrogen and oxygen atoms in total. The van der Waals surface area contributed by atoms with Crippen LogP contribution in [0.3, 0.4) is 0 Å². The SMILES string of the molecule is CC(C)C[C@H](C(=O)Oc1ccc2c3c(c(=O)oc2c1)CCC3)N1C(=O)c2ccccc2C1=O. The fourth-order valence-electron chi connectivity index (χ4n) is 4.76. The van der Waals surface area contributed by atoms with E-state index in [2.05, 4.69) is 0 Å². The summed E-state index contributed by atoms with van der Waals surface area (Å²) in [6.07, 6.45) is 2.70. The number of amides is 2. The van der Waals surface area contributed by atoms with Crippen molar-refractivity contribution >= 4 is 28.8 Å². The van der Waals surface area contributed by atoms with Crippen molar-refractivity contribution in [2.45, 2.75) is 45.6 Å². The van der Waals surface area contributed by atoms with Crippen molar-refractivity contribution in [1.29, 1.82) is 0 Å². The Hall–Kier alpha value is -3.74. The normalized spacial score (nSPS) is 15.8. The van der Waals surface area contributed by atoms with Gasteiger partial charge in [-0.15, -0.1) is 0 Å². The van der Waals surface area contributed by atoms with Gasteiger partial charge in [0, 0.05) is 17.0 Å². The highest BCUT2D eigenvalue weighted by molar-refractivity contribution is 6.22. The van der Waals surface area contributed by atoms with E-state index < -0.39 is 23.8 Å². The van der Waals surface area contributed by atoms with Crippen LogP contribution in [0.15, 0.2) is 51.7 Å². The lowest BCUT2D eigenvalue weighted by molar-refractivity contribution is -0.139. The number of hydrogen-bond donors (Lipinski definition) is 0. The van der Waals surface area contributed by atoms with Crippen LogP contribution in [0.5, 0.6) is 5.75 Å². The van der Waals surface area contributed by atoms with Crippen LogP contribution in [0.25, 0.3) is 11.0 Å². The Balaban J connectivity index is 1.46. The smallest absolute Gasteiger partial charge is 0.339 e. The molecule has 0 unspecified atom stereocenters. The molecule has 0 saturated carbocycles. The molecule has 0 bridgehead atoms. The molecule has 1 aromatic heterocycles. The second kappa shape index (κ2) is 7.99. The largest absolute Gasteiger partial charge is 0.425 e. The minimum atomic E-state index is -1.07. The maximum absolute atomic E-state index is 13.2. The number of nitrogens with zero attached hydrogens (tertiary/aromatic N) is 1. The maximum Gasteiger partial charge on any atom is 0.339 e. The predicted octanol–water partition coefficient (Wildman–Crippen LogP) is 3.90. The molecule has 0 spiro atoms. The van der Waals surface area contributed by atoms with Crippen LogP contribution in [-0.4, -0.2) is 28.7 Å². The van der Waals surface area contributed by atoms with Crippen molar-refractivity contribution in [3.63, 3.8) is 0 Å². The van der Waals surface area contributed by atoms with E-state index in [0.717, 1.165) is 34.3 Å². The van der Waals surface area contributed by atoms with E-state index >= 15 is 0 Å². The van der Waals surface area contributed by atoms with E-state index in [1.165, 1.54) is 6.07 Å². The molecule has 0 radical (unpaired) electrons. The number of rotatable bonds is 5. The summed E-state index contributed by atoms with van der Waals surface area (Å²) < 4.78 is 11.1. The summed E-state index contributed by atoms with van der Waals surface area (Å²) in [6, 6.07) is 10.4. The molecule has 2 aliphatic rings. The van der Waals surface area contributed by atoms with Gasteiger partial charge in [0.25, 0.3) is 11.8 Å². The standard InChI is InChI=1S/C26H23NO6/c1-14(2)12-21(27-23(28)18-6-3-4-7-19(18)24(27)29)26(31)32-15-10-11-17-16-8-5-9-20(16)25(30)33-22(17)13-15/h3-4,6-7,10-11,13-14,21H,5,8-9,12H2,1-2H3/t21-/m1/s1. The first kappa shape index (κ1) is 21.1. The maximum atomic E-state index is 13.2. The topological polar surface area (TPSA) is 93.9 Å². The zero-order valence-electron chi connectivity index (χ0n) is 18.4. The van der Waals surface area contributed by atoms with Crippen molar-refractivity contribution in [3.8, 4) is 5.75 Å². The Kier molecular flexibility index (Phi) is 5.12. The number of carbonyl (C=O) groups excluding carboxylic acids is 3. The first-order valence-electron chi connectivity index (χ1n) is 11.1. The van der Waals surface area contributed by atoms with Gasteiger partial charge in [-0.3, -0.25) is 14.5 Å². The molecule has 1 aliphatic carbocycles. The molecule has 0 N–H and O–H groups in total. The summed E-state index contributed by atoms with van der Waals surface area (Å²) in [4.78, 5) is 52.4. The van der Waals surface area contributed by atoms with E-state index in [1.54, 1.807) is 36.4 Å². The minimum absolute atomic E-state index is 0.0316. The Bertz CT molecular complexity index is 1330. The van der Waals surface area contributed by atoms with Gasteiger partial charge < -0.3 is 9.15 Å². The zero-order chi connectivity index (χ0) is 23.3. The van der Waals surface area contributed by atoms with Crippen LogP contribution >= 0.6 is 0 Å². The molecule has 33 heavy (non-hydrogen) atoms. The number of imide groups is 1. The van der Waals surface area contributed by atoms with Gasteiger partial charge in [0.05, 0.1) is 11.1 Å². The summed E-state index contributed by atoms with van der Waals surface area (Å²) in [5.41, 5.74) is 2.27. The van der Waals surface area contributed by atoms with E-state index in [0.29, 0.717) is 12.0 Å². The Labute approximate surface area is 189 Å². The van der Waals surface area contributed by atoms with Crippen molar-refractivity contribution in [2.24, 2.45) is 5.92 Å². The Morgan fingerprint density at radius 1 is 1.00 bits per heavy atom. The number of fused-ring (bicyclic) bond motifs is 4. The highest BCUT2D eigenvalue weighted by Crippen LogP contribution is 2.31. The van der Waals surface area contributed by atoms with Crippen LogP contribution < -0.4 is 10.4 Å². The van der Waals surface area contributed by atoms with Gasteiger partial charge >= 0.3 is 11.6 Å². The fraction of sp³-hybridized carbons (Fsp3) is 0.308. The Morgan fingerprint density at radius 3 is 2.33 bits per heavy atom. The van der Waals surface area contributed by atoms with Crippen molar-refractivity contribution in [1.82, 2.24) is 4.90 Å². The number of esters is 1. The molecular formula is C26H23NO6. The quantitative estimate of drug-likeness (QED) is 0.256. The average Bonchev–Trinajstić information content (AvgIpc) is 3.37. The molecule has 7 heteroatoms. The molecule has 0 saturated heterocycles. The van der Waals surface area contributed by atoms with Crippen LogP contribution in [0.1, 0.15) is 58.5 Å². The number of ether oxygens (including phenoxy) is 1. The predicted molar refractivity (Wildman–Crippen MR) is 120 cm³/mol. The third-order valence-electron chi connectivity index (χ3n) is 6.27. The minimum Gasteiger partial charge on any atom is -0.425 e. The van der Waals surface area contributed by atoms with Gasteiger partial charge in [0.15, 0.2) is 0 Å². The number of carbonyl (C=O) groups is 3. The van der Waals surface area contributed by atoms with Crippen molar-refractivity contribution < 1.29 is 23.5 Å². The molecule has 1 aliphatic heterocycles. The second-order valence-corrected chi connectivity index (χ2v) is 8.95.